The third-order valence-electron chi connectivity index (χ3n) is 3.25. The minimum Gasteiger partial charge on any atom is -1.00 e. The fraction of sp³-hybridized carbons (Fsp3) is 0.692. The summed E-state index contributed by atoms with van der Waals surface area (Å²) in [7, 11) is -0.915. The van der Waals surface area contributed by atoms with Crippen LogP contribution in [0.2, 0.25) is 25.7 Å². The Balaban J connectivity index is -0.000000562. The quantitative estimate of drug-likeness (QED) is 0.343. The van der Waals surface area contributed by atoms with Gasteiger partial charge in [-0.25, -0.2) is 6.08 Å². The molecule has 102 valence electrons. The van der Waals surface area contributed by atoms with Crippen LogP contribution in [0.15, 0.2) is 17.2 Å². The van der Waals surface area contributed by atoms with Crippen LogP contribution in [0.25, 0.3) is 0 Å². The smallest absolute Gasteiger partial charge is 1.00 e. The van der Waals surface area contributed by atoms with Crippen LogP contribution in [0, 0.1) is 12.0 Å². The van der Waals surface area contributed by atoms with Gasteiger partial charge in [0.15, 0.2) is 0 Å². The number of rotatable bonds is 2. The zero-order valence-corrected chi connectivity index (χ0v) is 16.2. The molecule has 1 unspecified atom stereocenters. The molecule has 5 heteroatoms. The minimum atomic E-state index is -0.915. The SMILES string of the molecule is C[Si](C)(C)CC1[C-]=CC2=C1CCCC2.[Cl-].[Cl-].[Cl-].[Ti+4]. The Kier molecular flexibility index (Phi) is 13.6. The minimum absolute atomic E-state index is 0. The molecule has 0 N–H and O–H groups in total. The molecule has 0 radical (unpaired) electrons. The van der Waals surface area contributed by atoms with Gasteiger partial charge in [0.1, 0.15) is 0 Å². The van der Waals surface area contributed by atoms with Crippen molar-refractivity contribution in [2.75, 3.05) is 0 Å². The van der Waals surface area contributed by atoms with E-state index in [1.807, 2.05) is 0 Å². The van der Waals surface area contributed by atoms with E-state index in [1.165, 1.54) is 31.7 Å². The molecule has 0 aliphatic heterocycles. The van der Waals surface area contributed by atoms with E-state index in [1.54, 1.807) is 11.1 Å². The molecule has 0 saturated carbocycles. The zero-order chi connectivity index (χ0) is 10.2. The van der Waals surface area contributed by atoms with Gasteiger partial charge in [0.05, 0.1) is 0 Å². The van der Waals surface area contributed by atoms with Gasteiger partial charge in [-0.3, -0.25) is 6.08 Å². The van der Waals surface area contributed by atoms with Crippen LogP contribution in [0.5, 0.6) is 0 Å². The number of hydrogen-bond acceptors (Lipinski definition) is 0. The summed E-state index contributed by atoms with van der Waals surface area (Å²) in [6.45, 7) is 7.40. The van der Waals surface area contributed by atoms with Gasteiger partial charge in [0.2, 0.25) is 0 Å². The van der Waals surface area contributed by atoms with Gasteiger partial charge in [0.25, 0.3) is 0 Å². The molecule has 1 atom stereocenters. The predicted octanol–water partition coefficient (Wildman–Crippen LogP) is -4.81. The molecule has 0 aromatic rings. The summed E-state index contributed by atoms with van der Waals surface area (Å²) in [6.07, 6.45) is 11.4. The summed E-state index contributed by atoms with van der Waals surface area (Å²) < 4.78 is 0. The van der Waals surface area contributed by atoms with E-state index >= 15 is 0 Å². The van der Waals surface area contributed by atoms with Crippen molar-refractivity contribution in [3.8, 4) is 0 Å². The van der Waals surface area contributed by atoms with E-state index in [9.17, 15) is 0 Å². The zero-order valence-electron chi connectivity index (χ0n) is 11.3. The van der Waals surface area contributed by atoms with Gasteiger partial charge in [-0.1, -0.05) is 50.9 Å². The molecule has 0 aromatic carbocycles. The first-order chi connectivity index (χ1) is 6.56. The van der Waals surface area contributed by atoms with Crippen LogP contribution in [-0.2, 0) is 21.7 Å². The number of hydrogen-bond donors (Lipinski definition) is 0. The maximum Gasteiger partial charge on any atom is 4.00 e. The molecule has 0 amide bonds. The van der Waals surface area contributed by atoms with Crippen molar-refractivity contribution in [1.29, 1.82) is 0 Å². The van der Waals surface area contributed by atoms with E-state index < -0.39 is 8.07 Å². The molecule has 2 aliphatic rings. The van der Waals surface area contributed by atoms with Gasteiger partial charge in [-0.2, -0.15) is 11.1 Å². The normalized spacial score (nSPS) is 20.9. The van der Waals surface area contributed by atoms with Crippen molar-refractivity contribution in [1.82, 2.24) is 0 Å². The summed E-state index contributed by atoms with van der Waals surface area (Å²) in [6, 6.07) is 1.41. The molecule has 0 aromatic heterocycles. The Labute approximate surface area is 147 Å². The third kappa shape index (κ3) is 6.63. The monoisotopic (exact) mass is 358 g/mol. The van der Waals surface area contributed by atoms with Gasteiger partial charge in [-0.15, -0.1) is 0 Å². The molecule has 2 aliphatic carbocycles. The van der Waals surface area contributed by atoms with Crippen LogP contribution in [0.3, 0.4) is 0 Å². The summed E-state index contributed by atoms with van der Waals surface area (Å²) in [4.78, 5) is 0. The molecular formula is C13H21Cl3SiTi. The van der Waals surface area contributed by atoms with Crippen molar-refractivity contribution in [2.45, 2.75) is 51.4 Å². The molecule has 18 heavy (non-hydrogen) atoms. The fourth-order valence-corrected chi connectivity index (χ4v) is 4.20. The Hall–Kier alpha value is 1.28. The second-order valence-corrected chi connectivity index (χ2v) is 11.4. The first-order valence-electron chi connectivity index (χ1n) is 5.87. The molecule has 0 bridgehead atoms. The van der Waals surface area contributed by atoms with Crippen LogP contribution < -0.4 is 37.2 Å². The average Bonchev–Trinajstić information content (AvgIpc) is 2.47. The van der Waals surface area contributed by atoms with Gasteiger partial charge in [0, 0.05) is 8.07 Å². The van der Waals surface area contributed by atoms with Crippen LogP contribution in [-0.4, -0.2) is 8.07 Å². The number of halogens is 3. The van der Waals surface area contributed by atoms with E-state index in [0.717, 1.165) is 0 Å². The van der Waals surface area contributed by atoms with Crippen LogP contribution in [0.4, 0.5) is 0 Å². The van der Waals surface area contributed by atoms with Gasteiger partial charge >= 0.3 is 21.7 Å². The Morgan fingerprint density at radius 3 is 2.22 bits per heavy atom. The fourth-order valence-electron chi connectivity index (χ4n) is 2.61. The largest absolute Gasteiger partial charge is 4.00 e. The van der Waals surface area contributed by atoms with E-state index in [-0.39, 0.29) is 58.9 Å². The number of allylic oxidation sites excluding steroid dienone is 4. The summed E-state index contributed by atoms with van der Waals surface area (Å²) in [5, 5.41) is 0. The van der Waals surface area contributed by atoms with Gasteiger partial charge < -0.3 is 37.2 Å². The standard InChI is InChI=1S/C13H21Si.3ClH.Ti/c1-14(2,3)10-12-9-8-11-6-4-5-7-13(11)12;;;;/h8,12H,4-7,10H2,1-3H3;3*1H;/q-1;;;;+4/p-3. The topological polar surface area (TPSA) is 0 Å². The maximum absolute atomic E-state index is 3.59. The molecule has 0 nitrogen and oxygen atoms in total. The second kappa shape index (κ2) is 10.1. The maximum atomic E-state index is 3.59. The van der Waals surface area contributed by atoms with Crippen LogP contribution >= 0.6 is 0 Å². The predicted molar refractivity (Wildman–Crippen MR) is 65.0 cm³/mol. The third-order valence-corrected chi connectivity index (χ3v) is 4.88. The van der Waals surface area contributed by atoms with E-state index in [0.29, 0.717) is 5.92 Å². The Morgan fingerprint density at radius 2 is 1.67 bits per heavy atom. The first-order valence-corrected chi connectivity index (χ1v) is 9.58. The second-order valence-electron chi connectivity index (χ2n) is 5.89. The Morgan fingerprint density at radius 1 is 1.11 bits per heavy atom. The van der Waals surface area contributed by atoms with Crippen molar-refractivity contribution in [3.05, 3.63) is 23.3 Å². The average molecular weight is 360 g/mol. The summed E-state index contributed by atoms with van der Waals surface area (Å²) in [5.74, 6) is 0.706. The van der Waals surface area contributed by atoms with Crippen molar-refractivity contribution in [2.24, 2.45) is 5.92 Å². The molecule has 0 heterocycles. The van der Waals surface area contributed by atoms with Crippen LogP contribution in [0.1, 0.15) is 25.7 Å². The van der Waals surface area contributed by atoms with E-state index in [2.05, 4.69) is 31.8 Å². The van der Waals surface area contributed by atoms with Crippen molar-refractivity contribution in [3.63, 3.8) is 0 Å². The Bertz CT molecular complexity index is 295. The van der Waals surface area contributed by atoms with Gasteiger partial charge in [-0.05, 0) is 6.42 Å². The van der Waals surface area contributed by atoms with Crippen molar-refractivity contribution < 1.29 is 58.9 Å². The summed E-state index contributed by atoms with van der Waals surface area (Å²) in [5.41, 5.74) is 3.39. The molecule has 0 spiro atoms. The first kappa shape index (κ1) is 24.3. The molecular weight excluding hydrogens is 338 g/mol. The van der Waals surface area contributed by atoms with E-state index in [4.69, 9.17) is 0 Å². The summed E-state index contributed by atoms with van der Waals surface area (Å²) >= 11 is 0. The van der Waals surface area contributed by atoms with Crippen molar-refractivity contribution >= 4 is 8.07 Å². The molecule has 0 saturated heterocycles. The molecule has 2 rings (SSSR count). The molecule has 0 fully saturated rings.